The van der Waals surface area contributed by atoms with Crippen LogP contribution in [-0.4, -0.2) is 24.5 Å². The topological polar surface area (TPSA) is 51.0 Å². The van der Waals surface area contributed by atoms with Gasteiger partial charge in [-0.05, 0) is 18.9 Å². The third kappa shape index (κ3) is 7.67. The van der Waals surface area contributed by atoms with E-state index in [9.17, 15) is 5.11 Å². The molecule has 0 heterocycles. The van der Waals surface area contributed by atoms with Gasteiger partial charge in [-0.2, -0.15) is 0 Å². The third-order valence-corrected chi connectivity index (χ3v) is 3.04. The number of hydrogen-bond donors (Lipinski definition) is 1. The molecule has 0 saturated heterocycles. The molecule has 21 heavy (non-hydrogen) atoms. The summed E-state index contributed by atoms with van der Waals surface area (Å²) in [5.41, 5.74) is 0. The lowest BCUT2D eigenvalue weighted by Crippen LogP contribution is -1.99. The highest BCUT2D eigenvalue weighted by molar-refractivity contribution is 6.55. The van der Waals surface area contributed by atoms with Crippen molar-refractivity contribution in [3.05, 3.63) is 32.7 Å². The second-order valence-corrected chi connectivity index (χ2v) is 5.63. The minimum atomic E-state index is -0.00673. The summed E-state index contributed by atoms with van der Waals surface area (Å²) in [6.45, 7) is 0.623. The third-order valence-electron chi connectivity index (χ3n) is 2.17. The van der Waals surface area contributed by atoms with Gasteiger partial charge in [0, 0.05) is 18.3 Å². The lowest BCUT2D eigenvalue weighted by atomic mass is 10.3. The molecular formula is C13H13Cl4NO3. The molecule has 1 N–H and O–H groups in total. The number of aromatic hydroxyl groups is 1. The van der Waals surface area contributed by atoms with Crippen molar-refractivity contribution in [3.63, 3.8) is 0 Å². The predicted octanol–water partition coefficient (Wildman–Crippen LogP) is 5.18. The first-order valence-corrected chi connectivity index (χ1v) is 7.47. The quantitative estimate of drug-likeness (QED) is 0.388. The van der Waals surface area contributed by atoms with Gasteiger partial charge in [0.2, 0.25) is 0 Å². The fraction of sp³-hybridized carbons (Fsp3) is 0.308. The molecule has 0 amide bonds. The van der Waals surface area contributed by atoms with Crippen molar-refractivity contribution < 1.29 is 14.7 Å². The average Bonchev–Trinajstić information content (AvgIpc) is 2.38. The second kappa shape index (κ2) is 10.0. The van der Waals surface area contributed by atoms with Crippen LogP contribution in [0.3, 0.4) is 0 Å². The van der Waals surface area contributed by atoms with E-state index in [0.29, 0.717) is 25.2 Å². The largest absolute Gasteiger partial charge is 0.508 e. The second-order valence-electron chi connectivity index (χ2n) is 3.81. The molecule has 0 aliphatic rings. The molecule has 116 valence electrons. The van der Waals surface area contributed by atoms with Gasteiger partial charge >= 0.3 is 0 Å². The van der Waals surface area contributed by atoms with Crippen LogP contribution in [0.2, 0.25) is 10.0 Å². The molecule has 1 rings (SSSR count). The van der Waals surface area contributed by atoms with E-state index in [1.54, 1.807) is 6.21 Å². The molecule has 0 radical (unpaired) electrons. The fourth-order valence-electron chi connectivity index (χ4n) is 1.28. The van der Waals surface area contributed by atoms with Crippen LogP contribution >= 0.6 is 46.4 Å². The van der Waals surface area contributed by atoms with E-state index in [0.717, 1.165) is 0 Å². The highest BCUT2D eigenvalue weighted by Crippen LogP contribution is 2.36. The van der Waals surface area contributed by atoms with E-state index in [-0.39, 0.29) is 26.9 Å². The number of rotatable bonds is 8. The van der Waals surface area contributed by atoms with E-state index >= 15 is 0 Å². The highest BCUT2D eigenvalue weighted by atomic mass is 35.5. The van der Waals surface area contributed by atoms with Gasteiger partial charge in [0.25, 0.3) is 0 Å². The maximum absolute atomic E-state index is 9.29. The molecule has 0 unspecified atom stereocenters. The number of ether oxygens (including phenoxy) is 1. The molecule has 1 aromatic rings. The van der Waals surface area contributed by atoms with Crippen LogP contribution < -0.4 is 4.74 Å². The summed E-state index contributed by atoms with van der Waals surface area (Å²) in [7, 11) is 0. The summed E-state index contributed by atoms with van der Waals surface area (Å²) in [5, 5.41) is 13.5. The zero-order chi connectivity index (χ0) is 15.7. The van der Waals surface area contributed by atoms with Crippen LogP contribution in [0.1, 0.15) is 12.8 Å². The lowest BCUT2D eigenvalue weighted by molar-refractivity contribution is 0.175. The number of phenols is 1. The van der Waals surface area contributed by atoms with E-state index in [1.807, 2.05) is 0 Å². The number of nitrogens with zero attached hydrogens (tertiary/aromatic N) is 1. The Morgan fingerprint density at radius 2 is 1.90 bits per heavy atom. The summed E-state index contributed by atoms with van der Waals surface area (Å²) in [4.78, 5) is 4.87. The Morgan fingerprint density at radius 3 is 2.52 bits per heavy atom. The minimum Gasteiger partial charge on any atom is -0.508 e. The predicted molar refractivity (Wildman–Crippen MR) is 87.1 cm³/mol. The molecule has 0 aliphatic carbocycles. The van der Waals surface area contributed by atoms with Crippen molar-refractivity contribution in [2.45, 2.75) is 12.8 Å². The van der Waals surface area contributed by atoms with Crippen LogP contribution in [0.25, 0.3) is 0 Å². The smallest absolute Gasteiger partial charge is 0.156 e. The van der Waals surface area contributed by atoms with Crippen molar-refractivity contribution >= 4 is 52.6 Å². The van der Waals surface area contributed by atoms with Gasteiger partial charge in [0.15, 0.2) is 5.75 Å². The molecule has 0 bridgehead atoms. The van der Waals surface area contributed by atoms with Crippen molar-refractivity contribution in [1.82, 2.24) is 0 Å². The van der Waals surface area contributed by atoms with Crippen LogP contribution in [0.5, 0.6) is 11.5 Å². The zero-order valence-corrected chi connectivity index (χ0v) is 13.9. The molecule has 0 atom stereocenters. The number of oxime groups is 1. The standard InChI is InChI=1S/C13H13Cl4NO3/c14-10-7-9(19)8-11(15)13(10)20-5-2-1-4-18-21-6-3-12(16)17/h3-4,7-8,19H,1-2,5-6H2/b18-4+. The van der Waals surface area contributed by atoms with E-state index in [4.69, 9.17) is 56.0 Å². The summed E-state index contributed by atoms with van der Waals surface area (Å²) in [6, 6.07) is 2.74. The van der Waals surface area contributed by atoms with Crippen LogP contribution in [0, 0.1) is 0 Å². The summed E-state index contributed by atoms with van der Waals surface area (Å²) in [6.07, 6.45) is 4.45. The van der Waals surface area contributed by atoms with Gasteiger partial charge in [0.05, 0.1) is 16.7 Å². The Bertz CT molecular complexity index is 493. The van der Waals surface area contributed by atoms with Gasteiger partial charge in [-0.3, -0.25) is 0 Å². The maximum Gasteiger partial charge on any atom is 0.156 e. The monoisotopic (exact) mass is 371 g/mol. The van der Waals surface area contributed by atoms with Gasteiger partial charge in [-0.15, -0.1) is 0 Å². The Kier molecular flexibility index (Phi) is 8.69. The molecule has 0 fully saturated rings. The van der Waals surface area contributed by atoms with Crippen LogP contribution in [0.4, 0.5) is 0 Å². The molecule has 1 aromatic carbocycles. The van der Waals surface area contributed by atoms with Gasteiger partial charge in [-0.25, -0.2) is 0 Å². The van der Waals surface area contributed by atoms with Crippen molar-refractivity contribution in [2.75, 3.05) is 13.2 Å². The first-order chi connectivity index (χ1) is 10.0. The average molecular weight is 373 g/mol. The number of unbranched alkanes of at least 4 members (excludes halogenated alkanes) is 1. The fourth-order valence-corrected chi connectivity index (χ4v) is 1.99. The van der Waals surface area contributed by atoms with E-state index in [2.05, 4.69) is 5.16 Å². The van der Waals surface area contributed by atoms with Gasteiger partial charge in [-0.1, -0.05) is 51.6 Å². The van der Waals surface area contributed by atoms with Crippen molar-refractivity contribution in [3.8, 4) is 11.5 Å². The van der Waals surface area contributed by atoms with E-state index in [1.165, 1.54) is 18.2 Å². The van der Waals surface area contributed by atoms with Crippen molar-refractivity contribution in [1.29, 1.82) is 0 Å². The summed E-state index contributed by atoms with van der Waals surface area (Å²) in [5.74, 6) is 0.346. The molecular weight excluding hydrogens is 360 g/mol. The SMILES string of the molecule is Oc1cc(Cl)c(OCCC/C=N/OCC=C(Cl)Cl)c(Cl)c1. The van der Waals surface area contributed by atoms with Gasteiger partial charge in [0.1, 0.15) is 16.8 Å². The molecule has 8 heteroatoms. The Morgan fingerprint density at radius 1 is 1.24 bits per heavy atom. The molecule has 0 aromatic heterocycles. The number of phenolic OH excluding ortho intramolecular Hbond substituents is 1. The summed E-state index contributed by atoms with van der Waals surface area (Å²) < 4.78 is 5.60. The first-order valence-electron chi connectivity index (χ1n) is 5.96. The minimum absolute atomic E-state index is 0.00673. The molecule has 0 spiro atoms. The maximum atomic E-state index is 9.29. The van der Waals surface area contributed by atoms with Crippen LogP contribution in [0.15, 0.2) is 27.9 Å². The van der Waals surface area contributed by atoms with Gasteiger partial charge < -0.3 is 14.7 Å². The lowest BCUT2D eigenvalue weighted by Gasteiger charge is -2.09. The van der Waals surface area contributed by atoms with Crippen LogP contribution in [-0.2, 0) is 4.84 Å². The first kappa shape index (κ1) is 18.2. The Hall–Kier alpha value is -0.810. The Balaban J connectivity index is 2.23. The van der Waals surface area contributed by atoms with E-state index < -0.39 is 0 Å². The summed E-state index contributed by atoms with van der Waals surface area (Å²) >= 11 is 22.6. The molecule has 0 saturated carbocycles. The highest BCUT2D eigenvalue weighted by Gasteiger charge is 2.08. The number of halogens is 4. The van der Waals surface area contributed by atoms with Crippen molar-refractivity contribution in [2.24, 2.45) is 5.16 Å². The number of benzene rings is 1. The zero-order valence-electron chi connectivity index (χ0n) is 10.9. The Labute approximate surface area is 142 Å². The number of hydrogen-bond acceptors (Lipinski definition) is 4. The molecule has 0 aliphatic heterocycles. The molecule has 4 nitrogen and oxygen atoms in total. The normalized spacial score (nSPS) is 10.7.